The lowest BCUT2D eigenvalue weighted by molar-refractivity contribution is -0.870. The predicted octanol–water partition coefficient (Wildman–Crippen LogP) is 17.7. The molecule has 69 heavy (non-hydrogen) atoms. The Kier molecular flexibility index (Phi) is 49.8. The van der Waals surface area contributed by atoms with Crippen LogP contribution >= 0.6 is 7.82 Å². The minimum Gasteiger partial charge on any atom is -0.387 e. The Hall–Kier alpha value is -1.80. The molecule has 0 aromatic rings. The van der Waals surface area contributed by atoms with Gasteiger partial charge in [0.05, 0.1) is 39.9 Å². The van der Waals surface area contributed by atoms with E-state index in [-0.39, 0.29) is 19.1 Å². The van der Waals surface area contributed by atoms with Crippen molar-refractivity contribution in [3.8, 4) is 0 Å². The summed E-state index contributed by atoms with van der Waals surface area (Å²) in [5.41, 5.74) is 0. The number of hydrogen-bond acceptors (Lipinski definition) is 5. The lowest BCUT2D eigenvalue weighted by Crippen LogP contribution is -2.45. The van der Waals surface area contributed by atoms with Crippen LogP contribution in [0, 0.1) is 0 Å². The molecule has 0 rings (SSSR count). The fourth-order valence-electron chi connectivity index (χ4n) is 8.34. The van der Waals surface area contributed by atoms with E-state index in [4.69, 9.17) is 9.05 Å². The maximum atomic E-state index is 13.0. The van der Waals surface area contributed by atoms with Crippen molar-refractivity contribution in [3.63, 3.8) is 0 Å². The van der Waals surface area contributed by atoms with E-state index in [0.717, 1.165) is 64.2 Å². The molecule has 3 unspecified atom stereocenters. The maximum absolute atomic E-state index is 13.0. The molecule has 0 saturated heterocycles. The highest BCUT2D eigenvalue weighted by Crippen LogP contribution is 2.43. The number of quaternary nitrogens is 1. The highest BCUT2D eigenvalue weighted by atomic mass is 31.2. The van der Waals surface area contributed by atoms with Gasteiger partial charge in [0.15, 0.2) is 0 Å². The van der Waals surface area contributed by atoms with Gasteiger partial charge in [0.2, 0.25) is 5.91 Å². The third-order valence-electron chi connectivity index (χ3n) is 12.9. The minimum atomic E-state index is -4.36. The van der Waals surface area contributed by atoms with Crippen LogP contribution in [0.2, 0.25) is 0 Å². The van der Waals surface area contributed by atoms with E-state index in [1.807, 2.05) is 27.2 Å². The number of aliphatic hydroxyl groups excluding tert-OH is 1. The number of rotatable bonds is 53. The molecule has 0 fully saturated rings. The summed E-state index contributed by atoms with van der Waals surface area (Å²) in [6.45, 7) is 4.78. The fraction of sp³-hybridized carbons (Fsp3) is 0.817. The van der Waals surface area contributed by atoms with Crippen LogP contribution < -0.4 is 5.32 Å². The molecule has 0 radical (unpaired) electrons. The van der Waals surface area contributed by atoms with E-state index < -0.39 is 20.0 Å². The van der Waals surface area contributed by atoms with Gasteiger partial charge in [-0.05, 0) is 77.0 Å². The SMILES string of the molecule is CCCCCC/C=C\C/C=C\CCCCCCCCCC(=O)NC(COP(=O)(O)OCC[N+](C)(C)C)C(O)/C=C/CC/C=C/CC/C=C/CCCCCCCCCCCCCCCCCCCCC. The zero-order valence-corrected chi connectivity index (χ0v) is 46.9. The molecule has 0 aromatic heterocycles. The lowest BCUT2D eigenvalue weighted by Gasteiger charge is -2.25. The first-order valence-electron chi connectivity index (χ1n) is 29.2. The molecule has 0 aliphatic heterocycles. The summed E-state index contributed by atoms with van der Waals surface area (Å²) >= 11 is 0. The highest BCUT2D eigenvalue weighted by molar-refractivity contribution is 7.47. The predicted molar refractivity (Wildman–Crippen MR) is 300 cm³/mol. The number of phosphoric acid groups is 1. The maximum Gasteiger partial charge on any atom is 0.472 e. The third-order valence-corrected chi connectivity index (χ3v) is 13.9. The molecule has 0 saturated carbocycles. The van der Waals surface area contributed by atoms with Gasteiger partial charge in [-0.3, -0.25) is 13.8 Å². The molecule has 8 nitrogen and oxygen atoms in total. The van der Waals surface area contributed by atoms with Crippen molar-refractivity contribution in [1.82, 2.24) is 5.32 Å². The summed E-state index contributed by atoms with van der Waals surface area (Å²) in [5.74, 6) is -0.199. The second kappa shape index (κ2) is 51.1. The quantitative estimate of drug-likeness (QED) is 0.0243. The van der Waals surface area contributed by atoms with Gasteiger partial charge in [-0.2, -0.15) is 0 Å². The lowest BCUT2D eigenvalue weighted by atomic mass is 10.0. The Morgan fingerprint density at radius 1 is 0.493 bits per heavy atom. The zero-order valence-electron chi connectivity index (χ0n) is 46.0. The summed E-state index contributed by atoms with van der Waals surface area (Å²) in [6.07, 6.45) is 69.1. The van der Waals surface area contributed by atoms with Crippen LogP contribution in [0.5, 0.6) is 0 Å². The van der Waals surface area contributed by atoms with Gasteiger partial charge < -0.3 is 19.8 Å². The number of phosphoric ester groups is 1. The van der Waals surface area contributed by atoms with Crippen LogP contribution in [-0.2, 0) is 18.4 Å². The van der Waals surface area contributed by atoms with Crippen LogP contribution in [0.3, 0.4) is 0 Å². The number of nitrogens with one attached hydrogen (secondary N) is 1. The van der Waals surface area contributed by atoms with E-state index in [2.05, 4.69) is 67.8 Å². The van der Waals surface area contributed by atoms with Crippen LogP contribution in [-0.4, -0.2) is 73.4 Å². The molecule has 0 spiro atoms. The largest absolute Gasteiger partial charge is 0.472 e. The normalized spacial score (nSPS) is 14.4. The number of carbonyl (C=O) groups excluding carboxylic acids is 1. The summed E-state index contributed by atoms with van der Waals surface area (Å²) < 4.78 is 23.7. The Balaban J connectivity index is 4.26. The molecule has 3 atom stereocenters. The molecule has 9 heteroatoms. The summed E-state index contributed by atoms with van der Waals surface area (Å²) in [6, 6.07) is -0.877. The molecule has 3 N–H and O–H groups in total. The molecule has 0 bridgehead atoms. The van der Waals surface area contributed by atoms with Crippen molar-refractivity contribution in [3.05, 3.63) is 60.8 Å². The molecule has 1 amide bonds. The Labute approximate surface area is 428 Å². The highest BCUT2D eigenvalue weighted by Gasteiger charge is 2.27. The van der Waals surface area contributed by atoms with E-state index in [1.54, 1.807) is 6.08 Å². The van der Waals surface area contributed by atoms with E-state index in [9.17, 15) is 19.4 Å². The van der Waals surface area contributed by atoms with Gasteiger partial charge in [0.25, 0.3) is 0 Å². The molecular formula is C60H114N2O6P+. The van der Waals surface area contributed by atoms with Crippen molar-refractivity contribution < 1.29 is 32.9 Å². The summed E-state index contributed by atoms with van der Waals surface area (Å²) in [7, 11) is 1.54. The molecule has 0 heterocycles. The fourth-order valence-corrected chi connectivity index (χ4v) is 9.08. The number of likely N-dealkylation sites (N-methyl/N-ethyl adjacent to an activating group) is 1. The van der Waals surface area contributed by atoms with Crippen LogP contribution in [0.4, 0.5) is 0 Å². The van der Waals surface area contributed by atoms with E-state index in [1.165, 1.54) is 180 Å². The first-order chi connectivity index (χ1) is 33.5. The summed E-state index contributed by atoms with van der Waals surface area (Å²) in [4.78, 5) is 23.3. The van der Waals surface area contributed by atoms with Crippen molar-refractivity contribution in [2.24, 2.45) is 0 Å². The second-order valence-corrected chi connectivity index (χ2v) is 22.4. The van der Waals surface area contributed by atoms with Gasteiger partial charge in [0, 0.05) is 6.42 Å². The third kappa shape index (κ3) is 53.8. The zero-order chi connectivity index (χ0) is 50.6. The molecule has 0 aromatic carbocycles. The molecular weight excluding hydrogens is 876 g/mol. The van der Waals surface area contributed by atoms with Crippen LogP contribution in [0.1, 0.15) is 264 Å². The number of aliphatic hydroxyl groups is 1. The Bertz CT molecular complexity index is 1310. The van der Waals surface area contributed by atoms with Crippen molar-refractivity contribution in [2.75, 3.05) is 40.9 Å². The number of unbranched alkanes of at least 4 members (excludes halogenated alkanes) is 32. The van der Waals surface area contributed by atoms with E-state index in [0.29, 0.717) is 17.4 Å². The van der Waals surface area contributed by atoms with Gasteiger partial charge in [-0.15, -0.1) is 0 Å². The van der Waals surface area contributed by atoms with E-state index >= 15 is 0 Å². The Morgan fingerprint density at radius 2 is 0.841 bits per heavy atom. The van der Waals surface area contributed by atoms with Gasteiger partial charge in [-0.25, -0.2) is 4.57 Å². The molecule has 0 aliphatic rings. The number of allylic oxidation sites excluding steroid dienone is 9. The monoisotopic (exact) mass is 990 g/mol. The number of hydrogen-bond donors (Lipinski definition) is 3. The van der Waals surface area contributed by atoms with Crippen molar-refractivity contribution in [2.45, 2.75) is 276 Å². The number of amides is 1. The van der Waals surface area contributed by atoms with Crippen LogP contribution in [0.25, 0.3) is 0 Å². The Morgan fingerprint density at radius 3 is 1.26 bits per heavy atom. The van der Waals surface area contributed by atoms with Crippen molar-refractivity contribution in [1.29, 1.82) is 0 Å². The van der Waals surface area contributed by atoms with Crippen molar-refractivity contribution >= 4 is 13.7 Å². The average molecular weight is 991 g/mol. The number of nitrogens with zero attached hydrogens (tertiary/aromatic N) is 1. The smallest absolute Gasteiger partial charge is 0.387 e. The minimum absolute atomic E-state index is 0.0500. The topological polar surface area (TPSA) is 105 Å². The molecule has 0 aliphatic carbocycles. The van der Waals surface area contributed by atoms with Crippen LogP contribution in [0.15, 0.2) is 60.8 Å². The molecule has 404 valence electrons. The summed E-state index contributed by atoms with van der Waals surface area (Å²) in [5, 5.41) is 13.9. The van der Waals surface area contributed by atoms with Gasteiger partial charge >= 0.3 is 7.82 Å². The standard InChI is InChI=1S/C60H113N2O6P/c1-6-8-10-12-14-16-18-20-22-24-26-27-28-29-30-31-32-33-34-35-36-37-39-41-43-45-47-49-51-53-59(63)58(57-68-69(65,66)67-56-55-62(3,4)5)61-60(64)54-52-50-48-46-44-42-40-38-25-23-21-19-17-15-13-11-9-7-2/h17,19,23,25,36-37,43,45,51,53,58-59,63H,6-16,18,20-22,24,26-35,38-42,44,46-50,52,54-57H2,1-5H3,(H-,61,64,65,66)/p+1/b19-17-,25-23-,37-36+,45-43+,53-51+. The first kappa shape index (κ1) is 67.2. The van der Waals surface area contributed by atoms with Gasteiger partial charge in [0.1, 0.15) is 13.2 Å². The number of carbonyl (C=O) groups is 1. The van der Waals surface area contributed by atoms with Gasteiger partial charge in [-0.1, -0.05) is 242 Å². The average Bonchev–Trinajstić information content (AvgIpc) is 3.31. The second-order valence-electron chi connectivity index (χ2n) is 21.0. The first-order valence-corrected chi connectivity index (χ1v) is 30.7.